The summed E-state index contributed by atoms with van der Waals surface area (Å²) in [5.74, 6) is 1.13. The van der Waals surface area contributed by atoms with Crippen LogP contribution in [0.15, 0.2) is 47.6 Å². The first kappa shape index (κ1) is 13.9. The highest BCUT2D eigenvalue weighted by atomic mass is 16.5. The molecule has 1 heterocycles. The van der Waals surface area contributed by atoms with E-state index in [0.717, 1.165) is 16.6 Å². The summed E-state index contributed by atoms with van der Waals surface area (Å²) in [5.41, 5.74) is 5.48. The monoisotopic (exact) mass is 296 g/mol. The number of para-hydroxylation sites is 2. The average molecular weight is 296 g/mol. The maximum absolute atomic E-state index is 9.65. The molecule has 0 radical (unpaired) electrons. The number of aromatic amines is 1. The van der Waals surface area contributed by atoms with E-state index in [1.807, 2.05) is 31.2 Å². The van der Waals surface area contributed by atoms with Crippen molar-refractivity contribution < 1.29 is 9.84 Å². The zero-order valence-electron chi connectivity index (χ0n) is 12.1. The van der Waals surface area contributed by atoms with Gasteiger partial charge in [0.2, 0.25) is 5.95 Å². The Hall–Kier alpha value is -3.02. The van der Waals surface area contributed by atoms with Crippen molar-refractivity contribution >= 4 is 23.2 Å². The fraction of sp³-hybridized carbons (Fsp3) is 0.125. The number of rotatable bonds is 5. The first-order valence-electron chi connectivity index (χ1n) is 6.96. The van der Waals surface area contributed by atoms with Crippen molar-refractivity contribution in [3.8, 4) is 11.5 Å². The highest BCUT2D eigenvalue weighted by Crippen LogP contribution is 2.26. The molecule has 0 saturated heterocycles. The van der Waals surface area contributed by atoms with Crippen molar-refractivity contribution in [2.75, 3.05) is 12.0 Å². The molecule has 112 valence electrons. The molecule has 3 N–H and O–H groups in total. The number of benzene rings is 2. The molecular weight excluding hydrogens is 280 g/mol. The molecule has 6 nitrogen and oxygen atoms in total. The van der Waals surface area contributed by atoms with Gasteiger partial charge in [-0.1, -0.05) is 12.1 Å². The zero-order chi connectivity index (χ0) is 15.4. The second-order valence-corrected chi connectivity index (χ2v) is 4.63. The fourth-order valence-corrected chi connectivity index (χ4v) is 2.06. The highest BCUT2D eigenvalue weighted by molar-refractivity contribution is 5.82. The van der Waals surface area contributed by atoms with Gasteiger partial charge < -0.3 is 14.8 Å². The van der Waals surface area contributed by atoms with Gasteiger partial charge in [0.05, 0.1) is 23.9 Å². The molecule has 2 aromatic carbocycles. The number of ether oxygens (including phenoxy) is 1. The van der Waals surface area contributed by atoms with Crippen molar-refractivity contribution in [2.24, 2.45) is 5.10 Å². The minimum Gasteiger partial charge on any atom is -0.504 e. The van der Waals surface area contributed by atoms with Crippen molar-refractivity contribution in [1.82, 2.24) is 9.97 Å². The Kier molecular flexibility index (Phi) is 3.91. The zero-order valence-corrected chi connectivity index (χ0v) is 12.1. The second kappa shape index (κ2) is 6.17. The van der Waals surface area contributed by atoms with Gasteiger partial charge in [-0.15, -0.1) is 0 Å². The number of nitrogens with zero attached hydrogens (tertiary/aromatic N) is 2. The largest absolute Gasteiger partial charge is 0.504 e. The molecule has 1 aromatic heterocycles. The van der Waals surface area contributed by atoms with Gasteiger partial charge in [0.25, 0.3) is 0 Å². The number of nitrogens with one attached hydrogen (secondary N) is 2. The summed E-state index contributed by atoms with van der Waals surface area (Å²) in [6, 6.07) is 12.8. The first-order valence-corrected chi connectivity index (χ1v) is 6.96. The Labute approximate surface area is 127 Å². The standard InChI is InChI=1S/C16H16N4O2/c1-2-22-15-9-11(7-8-14(15)21)10-17-20-16-18-12-5-3-4-6-13(12)19-16/h3-10,21H,2H2,1H3,(H2,18,19,20)/b17-10-. The average Bonchev–Trinajstić information content (AvgIpc) is 2.93. The van der Waals surface area contributed by atoms with Gasteiger partial charge in [-0.3, -0.25) is 0 Å². The molecule has 0 unspecified atom stereocenters. The molecular formula is C16H16N4O2. The molecule has 0 amide bonds. The number of fused-ring (bicyclic) bond motifs is 1. The van der Waals surface area contributed by atoms with Crippen LogP contribution in [-0.4, -0.2) is 27.9 Å². The summed E-state index contributed by atoms with van der Waals surface area (Å²) in [6.45, 7) is 2.36. The van der Waals surface area contributed by atoms with Gasteiger partial charge >= 0.3 is 0 Å². The van der Waals surface area contributed by atoms with Crippen LogP contribution in [0.3, 0.4) is 0 Å². The van der Waals surface area contributed by atoms with Crippen LogP contribution in [0.4, 0.5) is 5.95 Å². The van der Waals surface area contributed by atoms with Crippen molar-refractivity contribution in [2.45, 2.75) is 6.92 Å². The van der Waals surface area contributed by atoms with Crippen LogP contribution in [0.5, 0.6) is 11.5 Å². The van der Waals surface area contributed by atoms with E-state index < -0.39 is 0 Å². The number of aromatic nitrogens is 2. The number of imidazole rings is 1. The van der Waals surface area contributed by atoms with E-state index in [0.29, 0.717) is 18.3 Å². The molecule has 0 aliphatic rings. The number of phenolic OH excluding ortho intramolecular Hbond substituents is 1. The van der Waals surface area contributed by atoms with Crippen molar-refractivity contribution in [1.29, 1.82) is 0 Å². The number of hydrogen-bond donors (Lipinski definition) is 3. The number of anilines is 1. The molecule has 6 heteroatoms. The summed E-state index contributed by atoms with van der Waals surface area (Å²) in [7, 11) is 0. The van der Waals surface area contributed by atoms with Crippen LogP contribution in [-0.2, 0) is 0 Å². The lowest BCUT2D eigenvalue weighted by Crippen LogP contribution is -1.95. The molecule has 0 spiro atoms. The maximum Gasteiger partial charge on any atom is 0.222 e. The number of hydrogen-bond acceptors (Lipinski definition) is 5. The van der Waals surface area contributed by atoms with Crippen LogP contribution >= 0.6 is 0 Å². The van der Waals surface area contributed by atoms with Crippen molar-refractivity contribution in [3.05, 3.63) is 48.0 Å². The van der Waals surface area contributed by atoms with Gasteiger partial charge in [-0.05, 0) is 42.8 Å². The Morgan fingerprint density at radius 3 is 3.00 bits per heavy atom. The number of phenols is 1. The summed E-state index contributed by atoms with van der Waals surface area (Å²) >= 11 is 0. The van der Waals surface area contributed by atoms with E-state index in [1.54, 1.807) is 24.4 Å². The van der Waals surface area contributed by atoms with E-state index in [-0.39, 0.29) is 5.75 Å². The molecule has 3 aromatic rings. The number of hydrazone groups is 1. The van der Waals surface area contributed by atoms with Gasteiger partial charge in [0.1, 0.15) is 0 Å². The first-order chi connectivity index (χ1) is 10.8. The van der Waals surface area contributed by atoms with Crippen LogP contribution < -0.4 is 10.2 Å². The van der Waals surface area contributed by atoms with E-state index in [2.05, 4.69) is 20.5 Å². The molecule has 0 aliphatic heterocycles. The predicted molar refractivity (Wildman–Crippen MR) is 86.6 cm³/mol. The summed E-state index contributed by atoms with van der Waals surface area (Å²) < 4.78 is 5.33. The Bertz CT molecular complexity index is 778. The Balaban J connectivity index is 1.72. The third-order valence-electron chi connectivity index (χ3n) is 3.06. The van der Waals surface area contributed by atoms with E-state index in [9.17, 15) is 5.11 Å². The van der Waals surface area contributed by atoms with Crippen molar-refractivity contribution in [3.63, 3.8) is 0 Å². The predicted octanol–water partition coefficient (Wildman–Crippen LogP) is 3.11. The Morgan fingerprint density at radius 2 is 2.18 bits per heavy atom. The normalized spacial score (nSPS) is 11.1. The van der Waals surface area contributed by atoms with Crippen LogP contribution in [0.2, 0.25) is 0 Å². The van der Waals surface area contributed by atoms with Gasteiger partial charge in [0, 0.05) is 0 Å². The van der Waals surface area contributed by atoms with Gasteiger partial charge in [-0.25, -0.2) is 10.4 Å². The van der Waals surface area contributed by atoms with E-state index in [1.165, 1.54) is 0 Å². The summed E-state index contributed by atoms with van der Waals surface area (Å²) in [5, 5.41) is 13.8. The SMILES string of the molecule is CCOc1cc(/C=N\Nc2nc3ccccc3[nH]2)ccc1O. The minimum atomic E-state index is 0.115. The topological polar surface area (TPSA) is 82.5 Å². The van der Waals surface area contributed by atoms with Gasteiger partial charge in [0.15, 0.2) is 11.5 Å². The van der Waals surface area contributed by atoms with Crippen LogP contribution in [0.1, 0.15) is 12.5 Å². The molecule has 0 saturated carbocycles. The Morgan fingerprint density at radius 1 is 1.32 bits per heavy atom. The lowest BCUT2D eigenvalue weighted by atomic mass is 10.2. The quantitative estimate of drug-likeness (QED) is 0.499. The summed E-state index contributed by atoms with van der Waals surface area (Å²) in [4.78, 5) is 7.48. The number of H-pyrrole nitrogens is 1. The van der Waals surface area contributed by atoms with Gasteiger partial charge in [-0.2, -0.15) is 5.10 Å². The molecule has 0 atom stereocenters. The van der Waals surface area contributed by atoms with Crippen LogP contribution in [0.25, 0.3) is 11.0 Å². The third kappa shape index (κ3) is 3.01. The molecule has 0 bridgehead atoms. The molecule has 3 rings (SSSR count). The minimum absolute atomic E-state index is 0.115. The number of aromatic hydroxyl groups is 1. The van der Waals surface area contributed by atoms with E-state index >= 15 is 0 Å². The lowest BCUT2D eigenvalue weighted by molar-refractivity contribution is 0.318. The van der Waals surface area contributed by atoms with E-state index in [4.69, 9.17) is 4.74 Å². The smallest absolute Gasteiger partial charge is 0.222 e. The molecule has 0 aliphatic carbocycles. The highest BCUT2D eigenvalue weighted by Gasteiger charge is 2.02. The maximum atomic E-state index is 9.65. The van der Waals surface area contributed by atoms with Crippen LogP contribution in [0, 0.1) is 0 Å². The third-order valence-corrected chi connectivity index (χ3v) is 3.06. The fourth-order valence-electron chi connectivity index (χ4n) is 2.06. The molecule has 22 heavy (non-hydrogen) atoms. The lowest BCUT2D eigenvalue weighted by Gasteiger charge is -2.05. The summed E-state index contributed by atoms with van der Waals surface area (Å²) in [6.07, 6.45) is 1.63. The second-order valence-electron chi connectivity index (χ2n) is 4.63. The molecule has 0 fully saturated rings.